The fourth-order valence-corrected chi connectivity index (χ4v) is 13.8. The van der Waals surface area contributed by atoms with Gasteiger partial charge in [0.2, 0.25) is 0 Å². The second-order valence-electron chi connectivity index (χ2n) is 27.2. The molecule has 1 saturated carbocycles. The van der Waals surface area contributed by atoms with Crippen molar-refractivity contribution in [2.24, 2.45) is 0 Å². The average Bonchev–Trinajstić information content (AvgIpc) is 3.48. The van der Waals surface area contributed by atoms with E-state index in [1.54, 1.807) is 0 Å². The molecule has 2 aliphatic carbocycles. The number of fused-ring (bicyclic) bond motifs is 8. The van der Waals surface area contributed by atoms with Gasteiger partial charge >= 0.3 is 0 Å². The van der Waals surface area contributed by atoms with E-state index < -0.39 is 0 Å². The van der Waals surface area contributed by atoms with Gasteiger partial charge in [0.25, 0.3) is 6.71 Å². The molecule has 0 amide bonds. The molecule has 2 atom stereocenters. The third-order valence-electron chi connectivity index (χ3n) is 18.6. The lowest BCUT2D eigenvalue weighted by molar-refractivity contribution is 0.217. The molecule has 0 bridgehead atoms. The summed E-state index contributed by atoms with van der Waals surface area (Å²) in [6.45, 7) is 36.5. The molecule has 3 heterocycles. The second kappa shape index (κ2) is 15.6. The highest BCUT2D eigenvalue weighted by atomic mass is 15.3. The molecule has 0 N–H and O–H groups in total. The van der Waals surface area contributed by atoms with Crippen LogP contribution in [0.4, 0.5) is 45.5 Å². The quantitative estimate of drug-likeness (QED) is 0.164. The van der Waals surface area contributed by atoms with Crippen molar-refractivity contribution in [3.8, 4) is 0 Å². The largest absolute Gasteiger partial charge is 0.334 e. The Hall–Kier alpha value is -5.22. The van der Waals surface area contributed by atoms with Gasteiger partial charge in [-0.3, -0.25) is 0 Å². The number of anilines is 8. The summed E-state index contributed by atoms with van der Waals surface area (Å²) in [5.74, 6) is 0. The molecule has 70 heavy (non-hydrogen) atoms. The van der Waals surface area contributed by atoms with E-state index in [0.717, 1.165) is 6.42 Å². The molecule has 0 spiro atoms. The Morgan fingerprint density at radius 1 is 0.400 bits per heavy atom. The summed E-state index contributed by atoms with van der Waals surface area (Å²) in [6.07, 6.45) is 9.80. The number of benzene rings is 6. The first-order valence-corrected chi connectivity index (χ1v) is 27.1. The number of rotatable bonds is 3. The zero-order valence-corrected chi connectivity index (χ0v) is 45.5. The van der Waals surface area contributed by atoms with Crippen LogP contribution in [0.1, 0.15) is 189 Å². The third kappa shape index (κ3) is 7.10. The Morgan fingerprint density at radius 3 is 1.50 bits per heavy atom. The number of nitrogens with zero attached hydrogens (tertiary/aromatic N) is 3. The lowest BCUT2D eigenvalue weighted by Crippen LogP contribution is -2.62. The zero-order valence-electron chi connectivity index (χ0n) is 45.5. The van der Waals surface area contributed by atoms with Gasteiger partial charge in [0.1, 0.15) is 0 Å². The van der Waals surface area contributed by atoms with Crippen LogP contribution in [-0.2, 0) is 32.5 Å². The van der Waals surface area contributed by atoms with Gasteiger partial charge in [-0.05, 0) is 164 Å². The Bertz CT molecular complexity index is 3050. The molecular formula is C66H80BN3. The van der Waals surface area contributed by atoms with E-state index in [2.05, 4.69) is 234 Å². The Kier molecular flexibility index (Phi) is 10.5. The lowest BCUT2D eigenvalue weighted by atomic mass is 9.33. The van der Waals surface area contributed by atoms with Crippen LogP contribution in [0.3, 0.4) is 0 Å². The second-order valence-corrected chi connectivity index (χ2v) is 27.2. The number of hydrogen-bond donors (Lipinski definition) is 0. The molecule has 6 aromatic carbocycles. The molecule has 3 aliphatic heterocycles. The Labute approximate surface area is 423 Å². The molecule has 4 heteroatoms. The minimum absolute atomic E-state index is 0.0215. The van der Waals surface area contributed by atoms with Crippen LogP contribution < -0.4 is 31.1 Å². The topological polar surface area (TPSA) is 9.72 Å². The lowest BCUT2D eigenvalue weighted by Gasteiger charge is -2.50. The first-order chi connectivity index (χ1) is 32.8. The van der Waals surface area contributed by atoms with Gasteiger partial charge in [0.15, 0.2) is 0 Å². The van der Waals surface area contributed by atoms with Gasteiger partial charge in [-0.15, -0.1) is 0 Å². The van der Waals surface area contributed by atoms with Crippen molar-refractivity contribution in [1.29, 1.82) is 0 Å². The first-order valence-electron chi connectivity index (χ1n) is 27.1. The molecule has 1 fully saturated rings. The molecule has 0 radical (unpaired) electrons. The smallest absolute Gasteiger partial charge is 0.252 e. The van der Waals surface area contributed by atoms with Crippen molar-refractivity contribution in [3.63, 3.8) is 0 Å². The van der Waals surface area contributed by atoms with Crippen LogP contribution in [0.15, 0.2) is 115 Å². The predicted octanol–water partition coefficient (Wildman–Crippen LogP) is 16.5. The summed E-state index contributed by atoms with van der Waals surface area (Å²) in [7, 11) is 0. The SMILES string of the molecule is CC(C)(C)c1ccc(N2c3ccc(C(C)(C)C)cc3B3c4cc5c(cc4N(c4ccccc4)c4cc(N6c7ccc(C(C)(C)C)cc7C7(C)CCCCCCC67C)cc2c43)C(C)(C)CCC5(C)C)cc1. The van der Waals surface area contributed by atoms with Crippen LogP contribution in [0.5, 0.6) is 0 Å². The summed E-state index contributed by atoms with van der Waals surface area (Å²) in [5, 5.41) is 0. The van der Waals surface area contributed by atoms with Crippen molar-refractivity contribution >= 4 is 68.6 Å². The van der Waals surface area contributed by atoms with E-state index in [9.17, 15) is 0 Å². The standard InChI is InChI=1S/C66H80BN3/c1-60(2,3)43-25-29-47(30-26-43)68-55-32-28-45(62(7,8)9)38-52(55)67-53-41-49-50(64(12,13)36-35-63(49,10)11)42-56(53)69(46-23-19-18-20-24-46)58-40-48(39-57(68)59(58)67)70-54-31-27-44(61(4,5)6)37-51(54)65(14)33-21-16-17-22-34-66(65,70)15/h18-20,23-32,37-42H,16-17,21-22,33-36H2,1-15H3. The summed E-state index contributed by atoms with van der Waals surface area (Å²) < 4.78 is 0. The molecule has 6 aromatic rings. The monoisotopic (exact) mass is 926 g/mol. The minimum Gasteiger partial charge on any atom is -0.334 e. The average molecular weight is 926 g/mol. The van der Waals surface area contributed by atoms with Gasteiger partial charge in [-0.25, -0.2) is 0 Å². The highest BCUT2D eigenvalue weighted by Crippen LogP contribution is 2.61. The van der Waals surface area contributed by atoms with Crippen molar-refractivity contribution in [1.82, 2.24) is 0 Å². The Morgan fingerprint density at radius 2 is 0.900 bits per heavy atom. The van der Waals surface area contributed by atoms with E-state index in [1.165, 1.54) is 140 Å². The maximum Gasteiger partial charge on any atom is 0.252 e. The van der Waals surface area contributed by atoms with Crippen molar-refractivity contribution in [3.05, 3.63) is 149 Å². The van der Waals surface area contributed by atoms with Crippen LogP contribution in [0, 0.1) is 0 Å². The van der Waals surface area contributed by atoms with Crippen LogP contribution >= 0.6 is 0 Å². The van der Waals surface area contributed by atoms with Crippen LogP contribution in [0.25, 0.3) is 0 Å². The van der Waals surface area contributed by atoms with Gasteiger partial charge < -0.3 is 14.7 Å². The predicted molar refractivity (Wildman–Crippen MR) is 304 cm³/mol. The van der Waals surface area contributed by atoms with E-state index in [1.807, 2.05) is 0 Å². The van der Waals surface area contributed by atoms with E-state index in [4.69, 9.17) is 0 Å². The molecule has 0 aromatic heterocycles. The van der Waals surface area contributed by atoms with Crippen LogP contribution in [-0.4, -0.2) is 12.3 Å². The maximum atomic E-state index is 2.86. The molecule has 2 unspecified atom stereocenters. The van der Waals surface area contributed by atoms with E-state index in [-0.39, 0.29) is 44.7 Å². The summed E-state index contributed by atoms with van der Waals surface area (Å²) >= 11 is 0. The van der Waals surface area contributed by atoms with Crippen molar-refractivity contribution < 1.29 is 0 Å². The minimum atomic E-state index is -0.140. The van der Waals surface area contributed by atoms with E-state index in [0.29, 0.717) is 0 Å². The molecule has 3 nitrogen and oxygen atoms in total. The fraction of sp³-hybridized carbons (Fsp3) is 0.455. The van der Waals surface area contributed by atoms with Crippen LogP contribution in [0.2, 0.25) is 0 Å². The summed E-state index contributed by atoms with van der Waals surface area (Å²) in [6, 6.07) is 46.6. The van der Waals surface area contributed by atoms with Gasteiger partial charge in [-0.1, -0.05) is 183 Å². The maximum absolute atomic E-state index is 2.86. The molecule has 5 aliphatic rings. The summed E-state index contributed by atoms with van der Waals surface area (Å²) in [4.78, 5) is 8.21. The summed E-state index contributed by atoms with van der Waals surface area (Å²) in [5.41, 5.74) is 23.2. The van der Waals surface area contributed by atoms with Gasteiger partial charge in [-0.2, -0.15) is 0 Å². The van der Waals surface area contributed by atoms with Crippen molar-refractivity contribution in [2.45, 2.75) is 193 Å². The zero-order chi connectivity index (χ0) is 49.7. The highest BCUT2D eigenvalue weighted by molar-refractivity contribution is 7.00. The molecule has 362 valence electrons. The number of para-hydroxylation sites is 1. The molecular weight excluding hydrogens is 846 g/mol. The normalized spacial score (nSPS) is 22.3. The van der Waals surface area contributed by atoms with Crippen molar-refractivity contribution in [2.75, 3.05) is 14.7 Å². The van der Waals surface area contributed by atoms with Gasteiger partial charge in [0, 0.05) is 50.9 Å². The number of hydrogen-bond acceptors (Lipinski definition) is 3. The highest BCUT2D eigenvalue weighted by Gasteiger charge is 2.57. The van der Waals surface area contributed by atoms with Gasteiger partial charge in [0.05, 0.1) is 5.54 Å². The third-order valence-corrected chi connectivity index (χ3v) is 18.6. The molecule has 0 saturated heterocycles. The first kappa shape index (κ1) is 47.1. The fourth-order valence-electron chi connectivity index (χ4n) is 13.8. The molecule has 11 rings (SSSR count). The van der Waals surface area contributed by atoms with E-state index >= 15 is 0 Å². The Balaban J connectivity index is 1.28.